The van der Waals surface area contributed by atoms with Crippen LogP contribution in [-0.4, -0.2) is 29.9 Å². The highest BCUT2D eigenvalue weighted by Gasteiger charge is 2.35. The fourth-order valence-electron chi connectivity index (χ4n) is 4.66. The van der Waals surface area contributed by atoms with Crippen LogP contribution in [0.25, 0.3) is 10.9 Å². The van der Waals surface area contributed by atoms with Gasteiger partial charge in [-0.1, -0.05) is 11.6 Å². The number of aryl methyl sites for hydroxylation is 2. The molecule has 3 aromatic rings. The topological polar surface area (TPSA) is 89.9 Å². The number of halogens is 2. The molecule has 1 heterocycles. The predicted molar refractivity (Wildman–Crippen MR) is 124 cm³/mol. The van der Waals surface area contributed by atoms with Gasteiger partial charge in [-0.05, 0) is 60.9 Å². The summed E-state index contributed by atoms with van der Waals surface area (Å²) in [5, 5.41) is 19.5. The number of aromatic nitrogens is 1. The minimum Gasteiger partial charge on any atom is -0.343 e. The molecule has 6 nitrogen and oxygen atoms in total. The predicted octanol–water partition coefficient (Wildman–Crippen LogP) is 4.81. The second-order valence-electron chi connectivity index (χ2n) is 8.02. The molecule has 33 heavy (non-hydrogen) atoms. The molecular formula is C24H22ClFN4O2S. The van der Waals surface area contributed by atoms with E-state index < -0.39 is 10.0 Å². The van der Waals surface area contributed by atoms with Gasteiger partial charge >= 0.3 is 0 Å². The van der Waals surface area contributed by atoms with E-state index in [9.17, 15) is 12.8 Å². The second kappa shape index (κ2) is 9.52. The Bertz CT molecular complexity index is 1370. The van der Waals surface area contributed by atoms with Gasteiger partial charge in [0.2, 0.25) is 10.0 Å². The largest absolute Gasteiger partial charge is 0.343 e. The lowest BCUT2D eigenvalue weighted by atomic mass is 9.91. The van der Waals surface area contributed by atoms with Crippen LogP contribution in [0.1, 0.15) is 30.5 Å². The first-order valence-corrected chi connectivity index (χ1v) is 12.5. The molecule has 0 fully saturated rings. The van der Waals surface area contributed by atoms with Gasteiger partial charge in [0.1, 0.15) is 5.82 Å². The molecule has 1 atom stereocenters. The maximum atomic E-state index is 14.0. The molecule has 9 heteroatoms. The fraction of sp³-hybridized carbons (Fsp3) is 0.333. The van der Waals surface area contributed by atoms with E-state index in [0.29, 0.717) is 37.3 Å². The molecule has 0 bridgehead atoms. The Labute approximate surface area is 197 Å². The molecule has 1 aliphatic carbocycles. The Kier molecular flexibility index (Phi) is 6.71. The van der Waals surface area contributed by atoms with E-state index in [1.165, 1.54) is 40.7 Å². The maximum absolute atomic E-state index is 14.0. The van der Waals surface area contributed by atoms with Crippen LogP contribution in [0.5, 0.6) is 0 Å². The van der Waals surface area contributed by atoms with Crippen molar-refractivity contribution >= 4 is 32.5 Å². The number of nitriles is 2. The highest BCUT2D eigenvalue weighted by atomic mass is 35.5. The Morgan fingerprint density at radius 3 is 2.55 bits per heavy atom. The minimum atomic E-state index is -3.86. The van der Waals surface area contributed by atoms with Gasteiger partial charge in [-0.15, -0.1) is 0 Å². The number of hydrogen-bond donors (Lipinski definition) is 0. The number of rotatable bonds is 7. The Morgan fingerprint density at radius 2 is 1.85 bits per heavy atom. The zero-order chi connectivity index (χ0) is 23.6. The normalized spacial score (nSPS) is 15.8. The highest BCUT2D eigenvalue weighted by Crippen LogP contribution is 2.36. The third kappa shape index (κ3) is 4.47. The summed E-state index contributed by atoms with van der Waals surface area (Å²) in [6, 6.07) is 14.5. The molecule has 0 saturated heterocycles. The zero-order valence-electron chi connectivity index (χ0n) is 17.8. The lowest BCUT2D eigenvalue weighted by molar-refractivity contribution is 0.293. The van der Waals surface area contributed by atoms with Crippen LogP contribution in [0.15, 0.2) is 47.4 Å². The highest BCUT2D eigenvalue weighted by molar-refractivity contribution is 7.89. The second-order valence-corrected chi connectivity index (χ2v) is 10.3. The van der Waals surface area contributed by atoms with Crippen LogP contribution < -0.4 is 0 Å². The number of nitrogens with zero attached hydrogens (tertiary/aromatic N) is 4. The maximum Gasteiger partial charge on any atom is 0.243 e. The van der Waals surface area contributed by atoms with Gasteiger partial charge in [-0.25, -0.2) is 12.8 Å². The molecule has 0 saturated carbocycles. The lowest BCUT2D eigenvalue weighted by Gasteiger charge is -2.34. The molecule has 1 aromatic heterocycles. The van der Waals surface area contributed by atoms with Gasteiger partial charge < -0.3 is 4.57 Å². The molecule has 0 N–H and O–H groups in total. The van der Waals surface area contributed by atoms with Gasteiger partial charge in [0, 0.05) is 53.6 Å². The van der Waals surface area contributed by atoms with Crippen LogP contribution in [0, 0.1) is 28.5 Å². The molecule has 4 rings (SSSR count). The van der Waals surface area contributed by atoms with E-state index in [0.717, 1.165) is 22.2 Å². The first kappa shape index (κ1) is 23.3. The van der Waals surface area contributed by atoms with Gasteiger partial charge in [0.05, 0.1) is 23.5 Å². The molecule has 0 spiro atoms. The quantitative estimate of drug-likeness (QED) is 0.481. The summed E-state index contributed by atoms with van der Waals surface area (Å²) < 4.78 is 44.4. The van der Waals surface area contributed by atoms with E-state index >= 15 is 0 Å². The number of hydrogen-bond acceptors (Lipinski definition) is 4. The van der Waals surface area contributed by atoms with Crippen molar-refractivity contribution in [3.05, 3.63) is 64.6 Å². The molecule has 170 valence electrons. The van der Waals surface area contributed by atoms with Crippen molar-refractivity contribution in [2.45, 2.75) is 49.6 Å². The standard InChI is InChI=1S/C24H22ClFN4O2S/c25-17-3-7-20(8-4-17)33(31,32)30(14-2-12-28)19-6-9-21-22-15-18(26)5-10-23(22)29(13-1-11-27)24(21)16-19/h3-5,7-8,10,15,19H,1-2,6,9,13-14,16H2. The minimum absolute atomic E-state index is 0.0683. The summed E-state index contributed by atoms with van der Waals surface area (Å²) in [4.78, 5) is 0.128. The number of benzene rings is 2. The van der Waals surface area contributed by atoms with Crippen molar-refractivity contribution in [2.75, 3.05) is 6.54 Å². The SMILES string of the molecule is N#CCCN(C1CCc2c(n(CCC#N)c3ccc(F)cc23)C1)S(=O)(=O)c1ccc(Cl)cc1. The molecular weight excluding hydrogens is 463 g/mol. The van der Waals surface area contributed by atoms with Gasteiger partial charge in [-0.3, -0.25) is 0 Å². The molecule has 0 amide bonds. The van der Waals surface area contributed by atoms with Crippen molar-refractivity contribution in [3.63, 3.8) is 0 Å². The van der Waals surface area contributed by atoms with Crippen molar-refractivity contribution < 1.29 is 12.8 Å². The van der Waals surface area contributed by atoms with Crippen molar-refractivity contribution in [3.8, 4) is 12.1 Å². The van der Waals surface area contributed by atoms with E-state index in [1.807, 2.05) is 10.6 Å². The van der Waals surface area contributed by atoms with Gasteiger partial charge in [0.15, 0.2) is 0 Å². The first-order valence-electron chi connectivity index (χ1n) is 10.7. The van der Waals surface area contributed by atoms with Crippen LogP contribution >= 0.6 is 11.6 Å². The summed E-state index contributed by atoms with van der Waals surface area (Å²) in [6.07, 6.45) is 1.92. The van der Waals surface area contributed by atoms with Crippen LogP contribution in [-0.2, 0) is 29.4 Å². The van der Waals surface area contributed by atoms with Crippen molar-refractivity contribution in [1.29, 1.82) is 10.5 Å². The van der Waals surface area contributed by atoms with E-state index in [4.69, 9.17) is 22.1 Å². The van der Waals surface area contributed by atoms with Gasteiger partial charge in [-0.2, -0.15) is 14.8 Å². The Hall–Kier alpha value is -2.91. The zero-order valence-corrected chi connectivity index (χ0v) is 19.4. The molecule has 2 aromatic carbocycles. The summed E-state index contributed by atoms with van der Waals surface area (Å²) in [5.74, 6) is -0.328. The lowest BCUT2D eigenvalue weighted by Crippen LogP contribution is -2.44. The van der Waals surface area contributed by atoms with Crippen LogP contribution in [0.2, 0.25) is 5.02 Å². The third-order valence-corrected chi connectivity index (χ3v) is 8.34. The summed E-state index contributed by atoms with van der Waals surface area (Å²) in [7, 11) is -3.86. The van der Waals surface area contributed by atoms with Crippen molar-refractivity contribution in [1.82, 2.24) is 8.87 Å². The molecule has 0 aliphatic heterocycles. The molecule has 1 unspecified atom stereocenters. The Morgan fingerprint density at radius 1 is 1.12 bits per heavy atom. The summed E-state index contributed by atoms with van der Waals surface area (Å²) >= 11 is 5.93. The Balaban J connectivity index is 1.76. The van der Waals surface area contributed by atoms with E-state index in [2.05, 4.69) is 6.07 Å². The first-order chi connectivity index (χ1) is 15.9. The van der Waals surface area contributed by atoms with Crippen molar-refractivity contribution in [2.24, 2.45) is 0 Å². The fourth-order valence-corrected chi connectivity index (χ4v) is 6.44. The monoisotopic (exact) mass is 484 g/mol. The number of fused-ring (bicyclic) bond motifs is 3. The molecule has 0 radical (unpaired) electrons. The third-order valence-electron chi connectivity index (χ3n) is 6.12. The van der Waals surface area contributed by atoms with E-state index in [-0.39, 0.29) is 29.7 Å². The average Bonchev–Trinajstić information content (AvgIpc) is 3.10. The van der Waals surface area contributed by atoms with Crippen LogP contribution in [0.3, 0.4) is 0 Å². The smallest absolute Gasteiger partial charge is 0.243 e. The summed E-state index contributed by atoms with van der Waals surface area (Å²) in [6.45, 7) is 0.525. The van der Waals surface area contributed by atoms with Gasteiger partial charge in [0.25, 0.3) is 0 Å². The van der Waals surface area contributed by atoms with E-state index in [1.54, 1.807) is 6.07 Å². The number of sulfonamides is 1. The molecule has 1 aliphatic rings. The summed E-state index contributed by atoms with van der Waals surface area (Å²) in [5.41, 5.74) is 2.78. The van der Waals surface area contributed by atoms with Crippen LogP contribution in [0.4, 0.5) is 4.39 Å². The average molecular weight is 485 g/mol.